The fourth-order valence-electron chi connectivity index (χ4n) is 1.63. The lowest BCUT2D eigenvalue weighted by Gasteiger charge is -2.29. The Morgan fingerprint density at radius 3 is 2.47 bits per heavy atom. The number of alkyl halides is 1. The third-order valence-corrected chi connectivity index (χ3v) is 4.93. The highest BCUT2D eigenvalue weighted by molar-refractivity contribution is 9.09. The molecule has 0 heterocycles. The molecule has 0 unspecified atom stereocenters. The van der Waals surface area contributed by atoms with Gasteiger partial charge in [0.05, 0.1) is 16.6 Å². The molecule has 106 valence electrons. The van der Waals surface area contributed by atoms with Gasteiger partial charge in [-0.15, -0.1) is 0 Å². The van der Waals surface area contributed by atoms with Gasteiger partial charge >= 0.3 is 0 Å². The van der Waals surface area contributed by atoms with Crippen LogP contribution in [0.4, 0.5) is 5.69 Å². The maximum absolute atomic E-state index is 10.6. The molecular formula is C13H17BrClNO3. The monoisotopic (exact) mass is 349 g/mol. The van der Waals surface area contributed by atoms with E-state index in [1.54, 1.807) is 6.07 Å². The normalized spacial score (nSPS) is 11.4. The molecule has 0 aliphatic heterocycles. The smallest absolute Gasteiger partial charge is 0.271 e. The Morgan fingerprint density at radius 2 is 2.05 bits per heavy atom. The Hall–Kier alpha value is -0.810. The van der Waals surface area contributed by atoms with E-state index < -0.39 is 4.92 Å². The summed E-state index contributed by atoms with van der Waals surface area (Å²) in [5, 5.41) is 11.7. The zero-order chi connectivity index (χ0) is 14.5. The summed E-state index contributed by atoms with van der Waals surface area (Å²) in [6.07, 6.45) is 1.97. The first-order valence-electron chi connectivity index (χ1n) is 6.10. The van der Waals surface area contributed by atoms with Gasteiger partial charge in [-0.1, -0.05) is 41.4 Å². The molecule has 0 spiro atoms. The second-order valence-corrected chi connectivity index (χ2v) is 5.47. The lowest BCUT2D eigenvalue weighted by Crippen LogP contribution is -2.29. The second kappa shape index (κ2) is 7.10. The number of non-ortho nitro benzene ring substituents is 1. The molecule has 1 aromatic carbocycles. The van der Waals surface area contributed by atoms with Crippen molar-refractivity contribution in [2.45, 2.75) is 26.7 Å². The highest BCUT2D eigenvalue weighted by Gasteiger charge is 2.26. The Morgan fingerprint density at radius 1 is 1.42 bits per heavy atom. The summed E-state index contributed by atoms with van der Waals surface area (Å²) in [5.74, 6) is 0.486. The van der Waals surface area contributed by atoms with Crippen LogP contribution >= 0.6 is 27.5 Å². The third-order valence-electron chi connectivity index (χ3n) is 3.44. The Kier molecular flexibility index (Phi) is 6.07. The SMILES string of the molecule is CCC(CC)(CBr)COc1ccc([N+](=O)[O-])cc1Cl. The molecule has 1 rings (SSSR count). The van der Waals surface area contributed by atoms with Crippen molar-refractivity contribution in [3.8, 4) is 5.75 Å². The minimum atomic E-state index is -0.476. The van der Waals surface area contributed by atoms with Gasteiger partial charge < -0.3 is 4.74 Å². The summed E-state index contributed by atoms with van der Waals surface area (Å²) < 4.78 is 5.73. The fourth-order valence-corrected chi connectivity index (χ4v) is 2.82. The number of hydrogen-bond acceptors (Lipinski definition) is 3. The van der Waals surface area contributed by atoms with Gasteiger partial charge in [0.25, 0.3) is 5.69 Å². The number of halogens is 2. The number of rotatable bonds is 7. The van der Waals surface area contributed by atoms with E-state index in [0.717, 1.165) is 18.2 Å². The van der Waals surface area contributed by atoms with Gasteiger partial charge in [-0.3, -0.25) is 10.1 Å². The van der Waals surface area contributed by atoms with Gasteiger partial charge in [-0.05, 0) is 18.9 Å². The molecule has 6 heteroatoms. The van der Waals surface area contributed by atoms with Crippen LogP contribution in [0.25, 0.3) is 0 Å². The van der Waals surface area contributed by atoms with E-state index in [2.05, 4.69) is 29.8 Å². The summed E-state index contributed by atoms with van der Waals surface area (Å²) in [4.78, 5) is 10.1. The number of ether oxygens (including phenoxy) is 1. The average molecular weight is 351 g/mol. The van der Waals surface area contributed by atoms with Gasteiger partial charge in [0.1, 0.15) is 5.75 Å². The molecule has 0 bridgehead atoms. The van der Waals surface area contributed by atoms with E-state index in [-0.39, 0.29) is 16.1 Å². The maximum atomic E-state index is 10.6. The predicted molar refractivity (Wildman–Crippen MR) is 80.4 cm³/mol. The maximum Gasteiger partial charge on any atom is 0.271 e. The Balaban J connectivity index is 2.80. The van der Waals surface area contributed by atoms with Crippen LogP contribution in [0.15, 0.2) is 18.2 Å². The van der Waals surface area contributed by atoms with Crippen molar-refractivity contribution in [1.29, 1.82) is 0 Å². The highest BCUT2D eigenvalue weighted by Crippen LogP contribution is 2.33. The first-order chi connectivity index (χ1) is 8.98. The Bertz CT molecular complexity index is 441. The summed E-state index contributed by atoms with van der Waals surface area (Å²) >= 11 is 9.50. The minimum absolute atomic E-state index is 0.0323. The zero-order valence-corrected chi connectivity index (χ0v) is 13.3. The quantitative estimate of drug-likeness (QED) is 0.402. The van der Waals surface area contributed by atoms with Gasteiger partial charge in [-0.2, -0.15) is 0 Å². The van der Waals surface area contributed by atoms with Crippen LogP contribution in [0.5, 0.6) is 5.75 Å². The summed E-state index contributed by atoms with van der Waals surface area (Å²) in [6.45, 7) is 4.76. The lowest BCUT2D eigenvalue weighted by molar-refractivity contribution is -0.384. The van der Waals surface area contributed by atoms with Crippen molar-refractivity contribution in [3.63, 3.8) is 0 Å². The highest BCUT2D eigenvalue weighted by atomic mass is 79.9. The van der Waals surface area contributed by atoms with Gasteiger partial charge in [0.2, 0.25) is 0 Å². The molecule has 0 amide bonds. The molecular weight excluding hydrogens is 334 g/mol. The van der Waals surface area contributed by atoms with E-state index in [1.165, 1.54) is 12.1 Å². The molecule has 19 heavy (non-hydrogen) atoms. The summed E-state index contributed by atoms with van der Waals surface area (Å²) in [5.41, 5.74) is 0.0283. The topological polar surface area (TPSA) is 52.4 Å². The van der Waals surface area contributed by atoms with Crippen LogP contribution in [0.1, 0.15) is 26.7 Å². The largest absolute Gasteiger partial charge is 0.491 e. The third kappa shape index (κ3) is 4.08. The standard InChI is InChI=1S/C13H17BrClNO3/c1-3-13(4-2,8-14)9-19-12-6-5-10(16(17)18)7-11(12)15/h5-7H,3-4,8-9H2,1-2H3. The first kappa shape index (κ1) is 16.2. The number of nitro benzene ring substituents is 1. The molecule has 0 atom stereocenters. The van der Waals surface area contributed by atoms with Crippen LogP contribution < -0.4 is 4.74 Å². The number of nitro groups is 1. The van der Waals surface area contributed by atoms with Crippen molar-refractivity contribution in [2.75, 3.05) is 11.9 Å². The number of hydrogen-bond donors (Lipinski definition) is 0. The molecule has 0 fully saturated rings. The average Bonchev–Trinajstić information content (AvgIpc) is 2.42. The van der Waals surface area contributed by atoms with E-state index in [1.807, 2.05) is 0 Å². The molecule has 0 N–H and O–H groups in total. The van der Waals surface area contributed by atoms with Crippen molar-refractivity contribution >= 4 is 33.2 Å². The fraction of sp³-hybridized carbons (Fsp3) is 0.538. The molecule has 0 radical (unpaired) electrons. The van der Waals surface area contributed by atoms with E-state index >= 15 is 0 Å². The zero-order valence-electron chi connectivity index (χ0n) is 11.0. The summed E-state index contributed by atoms with van der Waals surface area (Å²) in [6, 6.07) is 4.25. The van der Waals surface area contributed by atoms with Crippen LogP contribution in [0.2, 0.25) is 5.02 Å². The van der Waals surface area contributed by atoms with Crippen molar-refractivity contribution < 1.29 is 9.66 Å². The Labute approximate surface area is 126 Å². The number of benzene rings is 1. The molecule has 0 aliphatic carbocycles. The van der Waals surface area contributed by atoms with Crippen LogP contribution in [0.3, 0.4) is 0 Å². The second-order valence-electron chi connectivity index (χ2n) is 4.50. The van der Waals surface area contributed by atoms with Gasteiger partial charge in [0.15, 0.2) is 0 Å². The van der Waals surface area contributed by atoms with Crippen LogP contribution in [-0.2, 0) is 0 Å². The molecule has 1 aromatic rings. The van der Waals surface area contributed by atoms with Crippen molar-refractivity contribution in [1.82, 2.24) is 0 Å². The van der Waals surface area contributed by atoms with Crippen molar-refractivity contribution in [3.05, 3.63) is 33.3 Å². The van der Waals surface area contributed by atoms with E-state index in [4.69, 9.17) is 16.3 Å². The first-order valence-corrected chi connectivity index (χ1v) is 7.60. The predicted octanol–water partition coefficient (Wildman–Crippen LogP) is 4.83. The van der Waals surface area contributed by atoms with Crippen LogP contribution in [-0.4, -0.2) is 16.9 Å². The minimum Gasteiger partial charge on any atom is -0.491 e. The van der Waals surface area contributed by atoms with E-state index in [0.29, 0.717) is 12.4 Å². The molecule has 0 saturated carbocycles. The van der Waals surface area contributed by atoms with E-state index in [9.17, 15) is 10.1 Å². The lowest BCUT2D eigenvalue weighted by atomic mass is 9.86. The molecule has 4 nitrogen and oxygen atoms in total. The van der Waals surface area contributed by atoms with Crippen LogP contribution in [0, 0.1) is 15.5 Å². The van der Waals surface area contributed by atoms with Gasteiger partial charge in [0, 0.05) is 22.9 Å². The van der Waals surface area contributed by atoms with Crippen molar-refractivity contribution in [2.24, 2.45) is 5.41 Å². The van der Waals surface area contributed by atoms with Gasteiger partial charge in [-0.25, -0.2) is 0 Å². The number of nitrogens with zero attached hydrogens (tertiary/aromatic N) is 1. The molecule has 0 saturated heterocycles. The summed E-state index contributed by atoms with van der Waals surface area (Å²) in [7, 11) is 0. The molecule has 0 aromatic heterocycles. The molecule has 0 aliphatic rings.